The highest BCUT2D eigenvalue weighted by molar-refractivity contribution is 5.90. The van der Waals surface area contributed by atoms with E-state index in [1.54, 1.807) is 11.8 Å². The number of likely N-dealkylation sites (tertiary alicyclic amines) is 1. The monoisotopic (exact) mass is 231 g/mol. The van der Waals surface area contributed by atoms with Gasteiger partial charge in [-0.3, -0.25) is 9.59 Å². The molecule has 1 amide bonds. The van der Waals surface area contributed by atoms with Crippen molar-refractivity contribution >= 4 is 11.7 Å². The van der Waals surface area contributed by atoms with E-state index in [-0.39, 0.29) is 17.7 Å². The lowest BCUT2D eigenvalue weighted by atomic mass is 10.1. The van der Waals surface area contributed by atoms with Gasteiger partial charge in [-0.2, -0.15) is 0 Å². The predicted molar refractivity (Wildman–Crippen MR) is 65.6 cm³/mol. The maximum absolute atomic E-state index is 11.7. The maximum Gasteiger partial charge on any atom is 0.223 e. The molecule has 1 aliphatic rings. The number of rotatable bonds is 4. The number of hydrogen-bond donors (Lipinski definition) is 0. The second kappa shape index (κ2) is 5.13. The zero-order valence-electron chi connectivity index (χ0n) is 10.1. The Morgan fingerprint density at radius 1 is 1.35 bits per heavy atom. The molecule has 0 radical (unpaired) electrons. The van der Waals surface area contributed by atoms with Crippen LogP contribution in [-0.4, -0.2) is 29.2 Å². The van der Waals surface area contributed by atoms with Crippen LogP contribution in [0.1, 0.15) is 25.3 Å². The average molecular weight is 231 g/mol. The summed E-state index contributed by atoms with van der Waals surface area (Å²) in [5, 5.41) is 0. The van der Waals surface area contributed by atoms with Gasteiger partial charge in [0.1, 0.15) is 0 Å². The van der Waals surface area contributed by atoms with Crippen molar-refractivity contribution in [1.29, 1.82) is 0 Å². The van der Waals surface area contributed by atoms with Crippen LogP contribution in [0.25, 0.3) is 0 Å². The van der Waals surface area contributed by atoms with Crippen LogP contribution in [0.5, 0.6) is 0 Å². The standard InChI is InChI=1S/C14H17NO2/c1-11(16)13-7-8-14(17)15(13)10-9-12-5-3-2-4-6-12/h2-6,13H,7-10H2,1H3/t13-/m1/s1. The van der Waals surface area contributed by atoms with Gasteiger partial charge in [-0.05, 0) is 25.3 Å². The molecule has 17 heavy (non-hydrogen) atoms. The number of Topliss-reactive ketones (excluding diaryl/α,β-unsaturated/α-hetero) is 1. The van der Waals surface area contributed by atoms with Gasteiger partial charge in [-0.25, -0.2) is 0 Å². The van der Waals surface area contributed by atoms with Crippen LogP contribution in [0, 0.1) is 0 Å². The molecule has 1 fully saturated rings. The Kier molecular flexibility index (Phi) is 3.57. The largest absolute Gasteiger partial charge is 0.332 e. The normalized spacial score (nSPS) is 19.7. The molecule has 1 aromatic rings. The third kappa shape index (κ3) is 2.73. The first kappa shape index (κ1) is 11.8. The molecule has 1 aliphatic heterocycles. The van der Waals surface area contributed by atoms with Crippen LogP contribution < -0.4 is 0 Å². The molecule has 0 unspecified atom stereocenters. The highest BCUT2D eigenvalue weighted by Gasteiger charge is 2.33. The Morgan fingerprint density at radius 2 is 2.06 bits per heavy atom. The lowest BCUT2D eigenvalue weighted by molar-refractivity contribution is -0.133. The lowest BCUT2D eigenvalue weighted by Crippen LogP contribution is -2.38. The van der Waals surface area contributed by atoms with Gasteiger partial charge < -0.3 is 4.90 Å². The fourth-order valence-electron chi connectivity index (χ4n) is 2.33. The minimum atomic E-state index is -0.189. The van der Waals surface area contributed by atoms with E-state index in [9.17, 15) is 9.59 Å². The van der Waals surface area contributed by atoms with Crippen molar-refractivity contribution in [3.63, 3.8) is 0 Å². The van der Waals surface area contributed by atoms with E-state index < -0.39 is 0 Å². The molecule has 0 bridgehead atoms. The van der Waals surface area contributed by atoms with Crippen molar-refractivity contribution in [3.8, 4) is 0 Å². The van der Waals surface area contributed by atoms with E-state index in [4.69, 9.17) is 0 Å². The van der Waals surface area contributed by atoms with Gasteiger partial charge in [0.05, 0.1) is 6.04 Å². The Balaban J connectivity index is 1.98. The van der Waals surface area contributed by atoms with E-state index in [0.717, 1.165) is 6.42 Å². The summed E-state index contributed by atoms with van der Waals surface area (Å²) < 4.78 is 0. The van der Waals surface area contributed by atoms with E-state index in [2.05, 4.69) is 0 Å². The highest BCUT2D eigenvalue weighted by atomic mass is 16.2. The number of hydrogen-bond acceptors (Lipinski definition) is 2. The molecule has 0 spiro atoms. The van der Waals surface area contributed by atoms with Crippen LogP contribution in [-0.2, 0) is 16.0 Å². The molecule has 0 aromatic heterocycles. The first-order valence-corrected chi connectivity index (χ1v) is 6.02. The van der Waals surface area contributed by atoms with Crippen molar-refractivity contribution in [1.82, 2.24) is 4.90 Å². The zero-order chi connectivity index (χ0) is 12.3. The highest BCUT2D eigenvalue weighted by Crippen LogP contribution is 2.19. The second-order valence-corrected chi connectivity index (χ2v) is 4.49. The Morgan fingerprint density at radius 3 is 2.71 bits per heavy atom. The number of carbonyl (C=O) groups excluding carboxylic acids is 2. The molecule has 0 aliphatic carbocycles. The van der Waals surface area contributed by atoms with Crippen molar-refractivity contribution in [2.75, 3.05) is 6.54 Å². The Bertz CT molecular complexity index is 413. The van der Waals surface area contributed by atoms with E-state index in [1.165, 1.54) is 5.56 Å². The molecule has 2 rings (SSSR count). The maximum atomic E-state index is 11.7. The second-order valence-electron chi connectivity index (χ2n) is 4.49. The SMILES string of the molecule is CC(=O)[C@H]1CCC(=O)N1CCc1ccccc1. The fourth-order valence-corrected chi connectivity index (χ4v) is 2.33. The molecule has 0 N–H and O–H groups in total. The third-order valence-electron chi connectivity index (χ3n) is 3.28. The minimum absolute atomic E-state index is 0.101. The predicted octanol–water partition coefficient (Wildman–Crippen LogP) is 1.81. The fraction of sp³-hybridized carbons (Fsp3) is 0.429. The summed E-state index contributed by atoms with van der Waals surface area (Å²) in [6, 6.07) is 9.86. The smallest absolute Gasteiger partial charge is 0.223 e. The number of carbonyl (C=O) groups is 2. The Labute approximate surface area is 101 Å². The van der Waals surface area contributed by atoms with Crippen LogP contribution in [0.4, 0.5) is 0 Å². The van der Waals surface area contributed by atoms with Gasteiger partial charge in [0.25, 0.3) is 0 Å². The summed E-state index contributed by atoms with van der Waals surface area (Å²) in [5.41, 5.74) is 1.20. The molecule has 3 heteroatoms. The molecule has 1 atom stereocenters. The first-order chi connectivity index (χ1) is 8.18. The van der Waals surface area contributed by atoms with Gasteiger partial charge in [0, 0.05) is 13.0 Å². The summed E-state index contributed by atoms with van der Waals surface area (Å²) >= 11 is 0. The first-order valence-electron chi connectivity index (χ1n) is 6.02. The van der Waals surface area contributed by atoms with Crippen LogP contribution >= 0.6 is 0 Å². The topological polar surface area (TPSA) is 37.4 Å². The summed E-state index contributed by atoms with van der Waals surface area (Å²) in [6.07, 6.45) is 2.01. The minimum Gasteiger partial charge on any atom is -0.332 e. The van der Waals surface area contributed by atoms with Gasteiger partial charge in [0.15, 0.2) is 5.78 Å². The molecule has 1 aromatic carbocycles. The van der Waals surface area contributed by atoms with Crippen molar-refractivity contribution in [2.24, 2.45) is 0 Å². The summed E-state index contributed by atoms with van der Waals surface area (Å²) in [4.78, 5) is 24.8. The summed E-state index contributed by atoms with van der Waals surface area (Å²) in [6.45, 7) is 2.21. The van der Waals surface area contributed by atoms with Crippen molar-refractivity contribution in [3.05, 3.63) is 35.9 Å². The lowest BCUT2D eigenvalue weighted by Gasteiger charge is -2.22. The number of ketones is 1. The molecular weight excluding hydrogens is 214 g/mol. The van der Waals surface area contributed by atoms with E-state index in [0.29, 0.717) is 19.4 Å². The Hall–Kier alpha value is -1.64. The molecular formula is C14H17NO2. The average Bonchev–Trinajstić information content (AvgIpc) is 2.69. The molecule has 90 valence electrons. The number of benzene rings is 1. The van der Waals surface area contributed by atoms with Crippen molar-refractivity contribution in [2.45, 2.75) is 32.2 Å². The molecule has 1 heterocycles. The quantitative estimate of drug-likeness (QED) is 0.792. The van der Waals surface area contributed by atoms with Gasteiger partial charge in [-0.15, -0.1) is 0 Å². The molecule has 3 nitrogen and oxygen atoms in total. The van der Waals surface area contributed by atoms with Gasteiger partial charge in [0.2, 0.25) is 5.91 Å². The molecule has 1 saturated heterocycles. The summed E-state index contributed by atoms with van der Waals surface area (Å²) in [7, 11) is 0. The third-order valence-corrected chi connectivity index (χ3v) is 3.28. The number of amides is 1. The molecule has 0 saturated carbocycles. The van der Waals surface area contributed by atoms with Crippen LogP contribution in [0.2, 0.25) is 0 Å². The zero-order valence-corrected chi connectivity index (χ0v) is 10.1. The van der Waals surface area contributed by atoms with Crippen molar-refractivity contribution < 1.29 is 9.59 Å². The van der Waals surface area contributed by atoms with Crippen LogP contribution in [0.15, 0.2) is 30.3 Å². The van der Waals surface area contributed by atoms with E-state index >= 15 is 0 Å². The summed E-state index contributed by atoms with van der Waals surface area (Å²) in [5.74, 6) is 0.213. The van der Waals surface area contributed by atoms with Gasteiger partial charge >= 0.3 is 0 Å². The van der Waals surface area contributed by atoms with Gasteiger partial charge in [-0.1, -0.05) is 30.3 Å². The van der Waals surface area contributed by atoms with Crippen LogP contribution in [0.3, 0.4) is 0 Å². The van der Waals surface area contributed by atoms with E-state index in [1.807, 2.05) is 30.3 Å². The number of nitrogens with zero attached hydrogens (tertiary/aromatic N) is 1.